The van der Waals surface area contributed by atoms with Crippen molar-refractivity contribution < 1.29 is 9.53 Å². The summed E-state index contributed by atoms with van der Waals surface area (Å²) in [5, 5.41) is 6.09. The van der Waals surface area contributed by atoms with Crippen molar-refractivity contribution in [1.82, 2.24) is 15.5 Å². The predicted molar refractivity (Wildman–Crippen MR) is 96.3 cm³/mol. The summed E-state index contributed by atoms with van der Waals surface area (Å²) in [6, 6.07) is 0. The van der Waals surface area contributed by atoms with Crippen molar-refractivity contribution in [3.8, 4) is 0 Å². The van der Waals surface area contributed by atoms with Crippen LogP contribution in [-0.2, 0) is 9.53 Å². The molecule has 1 unspecified atom stereocenters. The standard InChI is InChI=1S/C14H28N4O2.HI/c1-4-7-16-13(19)5-8-17-14(15-2)18(3)10-12-6-9-20-11-12;/h12H,4-11H2,1-3H3,(H,15,17)(H,16,19);1H. The van der Waals surface area contributed by atoms with Gasteiger partial charge in [-0.25, -0.2) is 0 Å². The summed E-state index contributed by atoms with van der Waals surface area (Å²) >= 11 is 0. The SMILES string of the molecule is CCCNC(=O)CCNC(=NC)N(C)CC1CCOC1.I. The van der Waals surface area contributed by atoms with Gasteiger partial charge in [0.05, 0.1) is 6.61 Å². The zero-order valence-corrected chi connectivity index (χ0v) is 15.7. The highest BCUT2D eigenvalue weighted by Crippen LogP contribution is 2.13. The third kappa shape index (κ3) is 8.45. The summed E-state index contributed by atoms with van der Waals surface area (Å²) in [5.41, 5.74) is 0. The Labute approximate surface area is 145 Å². The monoisotopic (exact) mass is 412 g/mol. The molecule has 0 bridgehead atoms. The van der Waals surface area contributed by atoms with Crippen molar-refractivity contribution in [2.75, 3.05) is 46.9 Å². The van der Waals surface area contributed by atoms with Crippen LogP contribution < -0.4 is 10.6 Å². The number of aliphatic imine (C=N–C) groups is 1. The van der Waals surface area contributed by atoms with Crippen molar-refractivity contribution >= 4 is 35.8 Å². The van der Waals surface area contributed by atoms with Crippen molar-refractivity contribution in [2.45, 2.75) is 26.2 Å². The second kappa shape index (κ2) is 12.0. The Bertz CT molecular complexity index is 320. The van der Waals surface area contributed by atoms with Gasteiger partial charge in [-0.05, 0) is 12.8 Å². The van der Waals surface area contributed by atoms with E-state index in [2.05, 4.69) is 20.5 Å². The molecule has 0 saturated carbocycles. The van der Waals surface area contributed by atoms with E-state index in [0.29, 0.717) is 18.9 Å². The average molecular weight is 412 g/mol. The number of nitrogens with zero attached hydrogens (tertiary/aromatic N) is 2. The van der Waals surface area contributed by atoms with Crippen LogP contribution in [0.2, 0.25) is 0 Å². The maximum absolute atomic E-state index is 11.5. The summed E-state index contributed by atoms with van der Waals surface area (Å²) in [6.07, 6.45) is 2.55. The van der Waals surface area contributed by atoms with Gasteiger partial charge in [0.1, 0.15) is 0 Å². The molecule has 1 amide bonds. The van der Waals surface area contributed by atoms with Gasteiger partial charge in [0, 0.05) is 52.7 Å². The highest BCUT2D eigenvalue weighted by Gasteiger charge is 2.18. The number of halogens is 1. The van der Waals surface area contributed by atoms with Gasteiger partial charge in [-0.15, -0.1) is 24.0 Å². The fourth-order valence-corrected chi connectivity index (χ4v) is 2.23. The second-order valence-corrected chi connectivity index (χ2v) is 5.18. The van der Waals surface area contributed by atoms with E-state index in [1.54, 1.807) is 7.05 Å². The lowest BCUT2D eigenvalue weighted by atomic mass is 10.1. The number of nitrogens with one attached hydrogen (secondary N) is 2. The van der Waals surface area contributed by atoms with Crippen LogP contribution in [0.4, 0.5) is 0 Å². The maximum Gasteiger partial charge on any atom is 0.221 e. The van der Waals surface area contributed by atoms with Gasteiger partial charge in [0.25, 0.3) is 0 Å². The predicted octanol–water partition coefficient (Wildman–Crippen LogP) is 1.06. The van der Waals surface area contributed by atoms with Crippen LogP contribution in [-0.4, -0.2) is 63.7 Å². The van der Waals surface area contributed by atoms with Gasteiger partial charge in [-0.1, -0.05) is 6.92 Å². The van der Waals surface area contributed by atoms with E-state index < -0.39 is 0 Å². The molecule has 1 aliphatic rings. The molecule has 1 aliphatic heterocycles. The highest BCUT2D eigenvalue weighted by molar-refractivity contribution is 14.0. The highest BCUT2D eigenvalue weighted by atomic mass is 127. The first-order chi connectivity index (χ1) is 9.67. The molecule has 7 heteroatoms. The minimum atomic E-state index is 0. The second-order valence-electron chi connectivity index (χ2n) is 5.18. The normalized spacial score (nSPS) is 18.0. The first-order valence-electron chi connectivity index (χ1n) is 7.43. The van der Waals surface area contributed by atoms with Crippen LogP contribution in [0.15, 0.2) is 4.99 Å². The first-order valence-corrected chi connectivity index (χ1v) is 7.43. The molecule has 124 valence electrons. The molecule has 21 heavy (non-hydrogen) atoms. The van der Waals surface area contributed by atoms with Crippen molar-refractivity contribution in [1.29, 1.82) is 0 Å². The van der Waals surface area contributed by atoms with Crippen molar-refractivity contribution in [3.63, 3.8) is 0 Å². The van der Waals surface area contributed by atoms with Crippen molar-refractivity contribution in [3.05, 3.63) is 0 Å². The molecule has 0 aromatic carbocycles. The van der Waals surface area contributed by atoms with Gasteiger partial charge in [0.2, 0.25) is 5.91 Å². The van der Waals surface area contributed by atoms with E-state index in [0.717, 1.165) is 45.1 Å². The molecule has 0 spiro atoms. The Morgan fingerprint density at radius 1 is 1.38 bits per heavy atom. The Balaban J connectivity index is 0.00000400. The number of carbonyl (C=O) groups excluding carboxylic acids is 1. The minimum absolute atomic E-state index is 0. The molecular weight excluding hydrogens is 383 g/mol. The molecule has 0 aromatic heterocycles. The zero-order valence-electron chi connectivity index (χ0n) is 13.4. The fraction of sp³-hybridized carbons (Fsp3) is 0.857. The summed E-state index contributed by atoms with van der Waals surface area (Å²) in [6.45, 7) is 6.02. The van der Waals surface area contributed by atoms with E-state index in [1.165, 1.54) is 0 Å². The van der Waals surface area contributed by atoms with Gasteiger partial charge in [-0.3, -0.25) is 9.79 Å². The lowest BCUT2D eigenvalue weighted by Crippen LogP contribution is -2.42. The van der Waals surface area contributed by atoms with E-state index in [9.17, 15) is 4.79 Å². The summed E-state index contributed by atoms with van der Waals surface area (Å²) in [4.78, 5) is 17.8. The molecule has 0 aliphatic carbocycles. The van der Waals surface area contributed by atoms with Crippen LogP contribution >= 0.6 is 24.0 Å². The van der Waals surface area contributed by atoms with Crippen LogP contribution in [0.1, 0.15) is 26.2 Å². The Hall–Kier alpha value is -0.570. The van der Waals surface area contributed by atoms with Gasteiger partial charge in [0.15, 0.2) is 5.96 Å². The number of rotatable bonds is 7. The van der Waals surface area contributed by atoms with E-state index in [4.69, 9.17) is 4.74 Å². The molecule has 0 aromatic rings. The number of hydrogen-bond acceptors (Lipinski definition) is 3. The zero-order chi connectivity index (χ0) is 14.8. The van der Waals surface area contributed by atoms with Gasteiger partial charge >= 0.3 is 0 Å². The minimum Gasteiger partial charge on any atom is -0.381 e. The molecule has 0 radical (unpaired) electrons. The first kappa shape index (κ1) is 20.4. The molecular formula is C14H29IN4O2. The van der Waals surface area contributed by atoms with E-state index in [-0.39, 0.29) is 29.9 Å². The Morgan fingerprint density at radius 2 is 2.14 bits per heavy atom. The molecule has 1 fully saturated rings. The third-order valence-electron chi connectivity index (χ3n) is 3.34. The van der Waals surface area contributed by atoms with Crippen LogP contribution in [0, 0.1) is 5.92 Å². The van der Waals surface area contributed by atoms with Gasteiger partial charge < -0.3 is 20.3 Å². The molecule has 6 nitrogen and oxygen atoms in total. The quantitative estimate of drug-likeness (QED) is 0.373. The molecule has 1 saturated heterocycles. The number of ether oxygens (including phenoxy) is 1. The average Bonchev–Trinajstić information content (AvgIpc) is 2.94. The Kier molecular flexibility index (Phi) is 11.7. The smallest absolute Gasteiger partial charge is 0.221 e. The number of guanidine groups is 1. The number of hydrogen-bond donors (Lipinski definition) is 2. The lowest BCUT2D eigenvalue weighted by Gasteiger charge is -2.24. The lowest BCUT2D eigenvalue weighted by molar-refractivity contribution is -0.120. The summed E-state index contributed by atoms with van der Waals surface area (Å²) < 4.78 is 5.38. The third-order valence-corrected chi connectivity index (χ3v) is 3.34. The molecule has 1 rings (SSSR count). The maximum atomic E-state index is 11.5. The summed E-state index contributed by atoms with van der Waals surface area (Å²) in [5.74, 6) is 1.49. The molecule has 2 N–H and O–H groups in total. The molecule has 1 atom stereocenters. The molecule has 1 heterocycles. The van der Waals surface area contributed by atoms with Crippen LogP contribution in [0.5, 0.6) is 0 Å². The largest absolute Gasteiger partial charge is 0.381 e. The van der Waals surface area contributed by atoms with Crippen LogP contribution in [0.25, 0.3) is 0 Å². The van der Waals surface area contributed by atoms with Gasteiger partial charge in [-0.2, -0.15) is 0 Å². The van der Waals surface area contributed by atoms with E-state index >= 15 is 0 Å². The number of amides is 1. The van der Waals surface area contributed by atoms with Crippen LogP contribution in [0.3, 0.4) is 0 Å². The Morgan fingerprint density at radius 3 is 2.71 bits per heavy atom. The topological polar surface area (TPSA) is 66.0 Å². The fourth-order valence-electron chi connectivity index (χ4n) is 2.23. The summed E-state index contributed by atoms with van der Waals surface area (Å²) in [7, 11) is 3.78. The van der Waals surface area contributed by atoms with Crippen molar-refractivity contribution in [2.24, 2.45) is 10.9 Å². The number of carbonyl (C=O) groups is 1. The van der Waals surface area contributed by atoms with E-state index in [1.807, 2.05) is 14.0 Å².